The lowest BCUT2D eigenvalue weighted by Crippen LogP contribution is -2.51. The summed E-state index contributed by atoms with van der Waals surface area (Å²) in [5.41, 5.74) is 10.7. The SMILES string of the molecule is NCCCCC(NC(=O)CNC(=O)C(N)CC(=O)O)C(=O)NCC(=O)O. The van der Waals surface area contributed by atoms with Gasteiger partial charge in [0.25, 0.3) is 0 Å². The molecule has 2 atom stereocenters. The molecule has 0 aliphatic carbocycles. The Kier molecular flexibility index (Phi) is 11.3. The van der Waals surface area contributed by atoms with Crippen LogP contribution in [0.15, 0.2) is 0 Å². The lowest BCUT2D eigenvalue weighted by Gasteiger charge is -2.18. The third kappa shape index (κ3) is 10.9. The van der Waals surface area contributed by atoms with Crippen molar-refractivity contribution < 1.29 is 34.2 Å². The van der Waals surface area contributed by atoms with Gasteiger partial charge in [0.2, 0.25) is 17.7 Å². The third-order valence-electron chi connectivity index (χ3n) is 3.17. The molecule has 0 radical (unpaired) electrons. The molecule has 12 heteroatoms. The van der Waals surface area contributed by atoms with E-state index >= 15 is 0 Å². The van der Waals surface area contributed by atoms with Gasteiger partial charge in [-0.2, -0.15) is 0 Å². The van der Waals surface area contributed by atoms with Crippen LogP contribution in [0, 0.1) is 0 Å². The highest BCUT2D eigenvalue weighted by Gasteiger charge is 2.22. The minimum Gasteiger partial charge on any atom is -0.481 e. The quantitative estimate of drug-likeness (QED) is 0.160. The highest BCUT2D eigenvalue weighted by molar-refractivity contribution is 5.92. The smallest absolute Gasteiger partial charge is 0.322 e. The van der Waals surface area contributed by atoms with Gasteiger partial charge in [0.1, 0.15) is 12.6 Å². The molecule has 0 aromatic carbocycles. The number of amides is 3. The second kappa shape index (κ2) is 12.6. The van der Waals surface area contributed by atoms with Crippen LogP contribution in [-0.4, -0.2) is 71.6 Å². The van der Waals surface area contributed by atoms with Crippen molar-refractivity contribution in [2.45, 2.75) is 37.8 Å². The van der Waals surface area contributed by atoms with Crippen LogP contribution in [0.3, 0.4) is 0 Å². The molecular formula is C14H25N5O7. The highest BCUT2D eigenvalue weighted by Crippen LogP contribution is 2.01. The maximum Gasteiger partial charge on any atom is 0.322 e. The number of hydrogen-bond donors (Lipinski definition) is 7. The van der Waals surface area contributed by atoms with E-state index in [1.54, 1.807) is 0 Å². The van der Waals surface area contributed by atoms with Crippen LogP contribution in [0.2, 0.25) is 0 Å². The lowest BCUT2D eigenvalue weighted by molar-refractivity contribution is -0.139. The Morgan fingerprint density at radius 2 is 1.50 bits per heavy atom. The van der Waals surface area contributed by atoms with Crippen LogP contribution in [0.4, 0.5) is 0 Å². The summed E-state index contributed by atoms with van der Waals surface area (Å²) >= 11 is 0. The van der Waals surface area contributed by atoms with Gasteiger partial charge in [-0.1, -0.05) is 0 Å². The van der Waals surface area contributed by atoms with Crippen molar-refractivity contribution in [1.29, 1.82) is 0 Å². The van der Waals surface area contributed by atoms with Gasteiger partial charge in [-0.05, 0) is 25.8 Å². The molecule has 0 aromatic rings. The number of carboxylic acid groups (broad SMARTS) is 2. The predicted molar refractivity (Wildman–Crippen MR) is 88.7 cm³/mol. The van der Waals surface area contributed by atoms with E-state index in [4.69, 9.17) is 21.7 Å². The van der Waals surface area contributed by atoms with Gasteiger partial charge >= 0.3 is 11.9 Å². The molecule has 3 amide bonds. The maximum absolute atomic E-state index is 12.0. The van der Waals surface area contributed by atoms with Gasteiger partial charge in [-0.25, -0.2) is 0 Å². The Morgan fingerprint density at radius 3 is 2.04 bits per heavy atom. The standard InChI is InChI=1S/C14H25N5O7/c15-4-2-1-3-9(14(26)18-7-12(23)24)19-10(20)6-17-13(25)8(16)5-11(21)22/h8-9H,1-7,15-16H2,(H,17,25)(H,18,26)(H,19,20)(H,21,22)(H,23,24). The zero-order valence-electron chi connectivity index (χ0n) is 14.2. The molecule has 0 saturated carbocycles. The first-order chi connectivity index (χ1) is 12.2. The van der Waals surface area contributed by atoms with E-state index in [1.807, 2.05) is 0 Å². The molecule has 0 fully saturated rings. The summed E-state index contributed by atoms with van der Waals surface area (Å²) in [4.78, 5) is 56.4. The molecule has 148 valence electrons. The van der Waals surface area contributed by atoms with Crippen molar-refractivity contribution in [3.63, 3.8) is 0 Å². The van der Waals surface area contributed by atoms with Crippen molar-refractivity contribution in [2.75, 3.05) is 19.6 Å². The Morgan fingerprint density at radius 1 is 0.885 bits per heavy atom. The fourth-order valence-corrected chi connectivity index (χ4v) is 1.87. The number of rotatable bonds is 13. The fraction of sp³-hybridized carbons (Fsp3) is 0.643. The first kappa shape index (κ1) is 23.3. The summed E-state index contributed by atoms with van der Waals surface area (Å²) in [6.07, 6.45) is 0.783. The van der Waals surface area contributed by atoms with Gasteiger partial charge in [-0.3, -0.25) is 24.0 Å². The number of unbranched alkanes of at least 4 members (excludes halogenated alkanes) is 1. The summed E-state index contributed by atoms with van der Waals surface area (Å²) in [6.45, 7) is -0.705. The molecule has 0 aliphatic rings. The Balaban J connectivity index is 4.54. The number of carbonyl (C=O) groups is 5. The lowest BCUT2D eigenvalue weighted by atomic mass is 10.1. The van der Waals surface area contributed by atoms with Crippen LogP contribution in [0.25, 0.3) is 0 Å². The largest absolute Gasteiger partial charge is 0.481 e. The van der Waals surface area contributed by atoms with Crippen LogP contribution < -0.4 is 27.4 Å². The molecule has 2 unspecified atom stereocenters. The first-order valence-corrected chi connectivity index (χ1v) is 7.91. The van der Waals surface area contributed by atoms with E-state index < -0.39 is 61.3 Å². The van der Waals surface area contributed by atoms with Crippen molar-refractivity contribution in [3.05, 3.63) is 0 Å². The molecule has 26 heavy (non-hydrogen) atoms. The van der Waals surface area contributed by atoms with Gasteiger partial charge < -0.3 is 37.6 Å². The van der Waals surface area contributed by atoms with Gasteiger partial charge in [0.05, 0.1) is 19.0 Å². The van der Waals surface area contributed by atoms with E-state index in [9.17, 15) is 24.0 Å². The Hall–Kier alpha value is -2.73. The zero-order chi connectivity index (χ0) is 20.1. The van der Waals surface area contributed by atoms with Gasteiger partial charge in [0.15, 0.2) is 0 Å². The van der Waals surface area contributed by atoms with E-state index in [0.717, 1.165) is 0 Å². The molecule has 0 rings (SSSR count). The second-order valence-electron chi connectivity index (χ2n) is 5.44. The van der Waals surface area contributed by atoms with Crippen LogP contribution >= 0.6 is 0 Å². The Labute approximate surface area is 149 Å². The summed E-state index contributed by atoms with van der Waals surface area (Å²) < 4.78 is 0. The van der Waals surface area contributed by atoms with E-state index in [0.29, 0.717) is 19.4 Å². The number of aliphatic carboxylic acids is 2. The van der Waals surface area contributed by atoms with E-state index in [1.165, 1.54) is 0 Å². The van der Waals surface area contributed by atoms with Crippen molar-refractivity contribution >= 4 is 29.7 Å². The highest BCUT2D eigenvalue weighted by atomic mass is 16.4. The molecule has 0 aliphatic heterocycles. The van der Waals surface area contributed by atoms with Crippen molar-refractivity contribution in [3.8, 4) is 0 Å². The predicted octanol–water partition coefficient (Wildman–Crippen LogP) is -3.28. The minimum atomic E-state index is -1.31. The normalized spacial score (nSPS) is 12.5. The minimum absolute atomic E-state index is 0.237. The van der Waals surface area contributed by atoms with Crippen LogP contribution in [0.5, 0.6) is 0 Å². The van der Waals surface area contributed by atoms with Gasteiger partial charge in [0, 0.05) is 0 Å². The molecule has 0 saturated heterocycles. The zero-order valence-corrected chi connectivity index (χ0v) is 14.2. The monoisotopic (exact) mass is 375 g/mol. The number of nitrogens with one attached hydrogen (secondary N) is 3. The van der Waals surface area contributed by atoms with Gasteiger partial charge in [-0.15, -0.1) is 0 Å². The summed E-state index contributed by atoms with van der Waals surface area (Å²) in [7, 11) is 0. The average Bonchev–Trinajstić information content (AvgIpc) is 2.56. The van der Waals surface area contributed by atoms with Crippen molar-refractivity contribution in [1.82, 2.24) is 16.0 Å². The molecule has 0 bridgehead atoms. The second-order valence-corrected chi connectivity index (χ2v) is 5.44. The summed E-state index contributed by atoms with van der Waals surface area (Å²) in [5, 5.41) is 23.8. The average molecular weight is 375 g/mol. The van der Waals surface area contributed by atoms with E-state index in [-0.39, 0.29) is 6.42 Å². The molecule has 0 aromatic heterocycles. The molecular weight excluding hydrogens is 350 g/mol. The Bertz CT molecular complexity index is 526. The summed E-state index contributed by atoms with van der Waals surface area (Å²) in [6, 6.07) is -2.29. The topological polar surface area (TPSA) is 214 Å². The fourth-order valence-electron chi connectivity index (χ4n) is 1.87. The molecule has 0 spiro atoms. The maximum atomic E-state index is 12.0. The number of hydrogen-bond acceptors (Lipinski definition) is 7. The number of nitrogens with two attached hydrogens (primary N) is 2. The number of carboxylic acids is 2. The van der Waals surface area contributed by atoms with Crippen molar-refractivity contribution in [2.24, 2.45) is 11.5 Å². The third-order valence-corrected chi connectivity index (χ3v) is 3.17. The summed E-state index contributed by atoms with van der Waals surface area (Å²) in [5.74, 6) is -4.69. The number of carbonyl (C=O) groups excluding carboxylic acids is 3. The molecule has 9 N–H and O–H groups in total. The van der Waals surface area contributed by atoms with Crippen LogP contribution in [-0.2, 0) is 24.0 Å². The first-order valence-electron chi connectivity index (χ1n) is 7.91. The molecule has 0 heterocycles. The van der Waals surface area contributed by atoms with Crippen LogP contribution in [0.1, 0.15) is 25.7 Å². The van der Waals surface area contributed by atoms with E-state index in [2.05, 4.69) is 16.0 Å². The molecule has 12 nitrogen and oxygen atoms in total.